The van der Waals surface area contributed by atoms with Crippen LogP contribution in [0.4, 0.5) is 10.5 Å². The van der Waals surface area contributed by atoms with E-state index in [1.54, 1.807) is 55.5 Å². The van der Waals surface area contributed by atoms with Gasteiger partial charge in [0.25, 0.3) is 0 Å². The molecule has 0 fully saturated rings. The Hall–Kier alpha value is -4.08. The van der Waals surface area contributed by atoms with E-state index in [9.17, 15) is 14.4 Å². The van der Waals surface area contributed by atoms with Crippen molar-refractivity contribution in [3.63, 3.8) is 0 Å². The number of hydrogen-bond acceptors (Lipinski definition) is 7. The summed E-state index contributed by atoms with van der Waals surface area (Å²) in [5.41, 5.74) is 1.99. The van der Waals surface area contributed by atoms with Gasteiger partial charge in [-0.15, -0.1) is 0 Å². The molecule has 10 nitrogen and oxygen atoms in total. The van der Waals surface area contributed by atoms with Crippen LogP contribution in [-0.2, 0) is 14.3 Å². The number of benzene rings is 2. The molecule has 0 saturated carbocycles. The van der Waals surface area contributed by atoms with E-state index in [-0.39, 0.29) is 37.9 Å². The van der Waals surface area contributed by atoms with Gasteiger partial charge in [-0.05, 0) is 30.7 Å². The molecule has 0 saturated heterocycles. The number of urea groups is 1. The van der Waals surface area contributed by atoms with Crippen molar-refractivity contribution in [1.82, 2.24) is 10.6 Å². The fourth-order valence-corrected chi connectivity index (χ4v) is 3.05. The fraction of sp³-hybridized carbons (Fsp3) is 0.304. The van der Waals surface area contributed by atoms with E-state index in [1.165, 1.54) is 13.3 Å². The van der Waals surface area contributed by atoms with Crippen molar-refractivity contribution < 1.29 is 23.9 Å². The highest BCUT2D eigenvalue weighted by Crippen LogP contribution is 2.27. The molecule has 0 aliphatic rings. The number of ether oxygens (including phenoxy) is 2. The zero-order valence-corrected chi connectivity index (χ0v) is 18.7. The maximum Gasteiger partial charge on any atom is 0.319 e. The van der Waals surface area contributed by atoms with E-state index in [4.69, 9.17) is 15.3 Å². The zero-order chi connectivity index (χ0) is 24.1. The second-order valence-electron chi connectivity index (χ2n) is 6.90. The van der Waals surface area contributed by atoms with Crippen LogP contribution in [0.2, 0.25) is 0 Å². The van der Waals surface area contributed by atoms with Crippen LogP contribution in [0.3, 0.4) is 0 Å². The number of hydrogen-bond donors (Lipinski definition) is 4. The lowest BCUT2D eigenvalue weighted by molar-refractivity contribution is -0.143. The second kappa shape index (κ2) is 13.4. The Morgan fingerprint density at radius 3 is 2.52 bits per heavy atom. The van der Waals surface area contributed by atoms with Crippen LogP contribution in [0.25, 0.3) is 0 Å². The summed E-state index contributed by atoms with van der Waals surface area (Å²) in [7, 11) is 1.52. The van der Waals surface area contributed by atoms with Crippen LogP contribution in [0, 0.1) is 0 Å². The number of para-hydroxylation sites is 1. The van der Waals surface area contributed by atoms with Crippen LogP contribution >= 0.6 is 0 Å². The predicted octanol–water partition coefficient (Wildman–Crippen LogP) is 2.31. The molecule has 2 aromatic rings. The number of nitrogens with two attached hydrogens (primary N) is 1. The largest absolute Gasteiger partial charge is 0.496 e. The number of nitrogens with one attached hydrogen (secondary N) is 3. The minimum atomic E-state index is -0.674. The molecule has 176 valence electrons. The molecule has 2 rings (SSSR count). The van der Waals surface area contributed by atoms with Gasteiger partial charge in [0.15, 0.2) is 0 Å². The smallest absolute Gasteiger partial charge is 0.319 e. The third kappa shape index (κ3) is 8.52. The first kappa shape index (κ1) is 25.2. The Kier molecular flexibility index (Phi) is 10.2. The van der Waals surface area contributed by atoms with Gasteiger partial charge in [-0.2, -0.15) is 5.10 Å². The number of amides is 3. The van der Waals surface area contributed by atoms with Gasteiger partial charge in [0.2, 0.25) is 5.91 Å². The number of rotatable bonds is 11. The van der Waals surface area contributed by atoms with Gasteiger partial charge in [0.1, 0.15) is 5.75 Å². The highest BCUT2D eigenvalue weighted by Gasteiger charge is 2.22. The molecule has 0 bridgehead atoms. The lowest BCUT2D eigenvalue weighted by Crippen LogP contribution is -2.36. The van der Waals surface area contributed by atoms with Crippen LogP contribution in [0.1, 0.15) is 36.9 Å². The molecule has 1 atom stereocenters. The topological polar surface area (TPSA) is 144 Å². The molecule has 0 aliphatic carbocycles. The van der Waals surface area contributed by atoms with Crippen molar-refractivity contribution in [2.45, 2.75) is 25.8 Å². The summed E-state index contributed by atoms with van der Waals surface area (Å²) in [5.74, 6) is 4.95. The summed E-state index contributed by atoms with van der Waals surface area (Å²) in [4.78, 5) is 36.6. The van der Waals surface area contributed by atoms with Gasteiger partial charge in [0, 0.05) is 17.8 Å². The van der Waals surface area contributed by atoms with E-state index in [1.807, 2.05) is 0 Å². The lowest BCUT2D eigenvalue weighted by atomic mass is 10.0. The van der Waals surface area contributed by atoms with Crippen molar-refractivity contribution in [3.8, 4) is 5.75 Å². The maximum atomic E-state index is 12.7. The van der Waals surface area contributed by atoms with E-state index in [0.29, 0.717) is 17.0 Å². The standard InChI is InChI=1S/C23H29N5O5/c1-3-33-22(30)12-13-25-21(29)14-19(18-6-4-5-7-20(18)32-2)28-23(31)27-17-10-8-16(9-11-17)15-26-24/h4-11,15,19H,3,12-14,24H2,1-2H3,(H,25,29)(H2,27,28,31). The van der Waals surface area contributed by atoms with Gasteiger partial charge < -0.3 is 31.3 Å². The summed E-state index contributed by atoms with van der Waals surface area (Å²) in [5, 5.41) is 11.7. The first-order chi connectivity index (χ1) is 16.0. The highest BCUT2D eigenvalue weighted by atomic mass is 16.5. The summed E-state index contributed by atoms with van der Waals surface area (Å²) in [6.07, 6.45) is 1.50. The molecule has 0 heterocycles. The first-order valence-corrected chi connectivity index (χ1v) is 10.4. The number of hydrazone groups is 1. The number of methoxy groups -OCH3 is 1. The van der Waals surface area contributed by atoms with Crippen molar-refractivity contribution in [3.05, 3.63) is 59.7 Å². The molecule has 5 N–H and O–H groups in total. The molecule has 0 aliphatic heterocycles. The van der Waals surface area contributed by atoms with Crippen LogP contribution in [0.5, 0.6) is 5.75 Å². The Balaban J connectivity index is 2.06. The molecule has 10 heteroatoms. The normalized spacial score (nSPS) is 11.5. The second-order valence-corrected chi connectivity index (χ2v) is 6.90. The van der Waals surface area contributed by atoms with E-state index < -0.39 is 12.1 Å². The average molecular weight is 456 g/mol. The minimum absolute atomic E-state index is 0.0531. The summed E-state index contributed by atoms with van der Waals surface area (Å²) in [6.45, 7) is 2.14. The number of nitrogens with zero attached hydrogens (tertiary/aromatic N) is 1. The van der Waals surface area contributed by atoms with Gasteiger partial charge >= 0.3 is 12.0 Å². The van der Waals surface area contributed by atoms with E-state index in [2.05, 4.69) is 21.1 Å². The molecule has 3 amide bonds. The molecule has 0 radical (unpaired) electrons. The van der Waals surface area contributed by atoms with Gasteiger partial charge in [-0.1, -0.05) is 30.3 Å². The Bertz CT molecular complexity index is 962. The molecule has 33 heavy (non-hydrogen) atoms. The summed E-state index contributed by atoms with van der Waals surface area (Å²) >= 11 is 0. The van der Waals surface area contributed by atoms with Crippen molar-refractivity contribution >= 4 is 29.8 Å². The van der Waals surface area contributed by atoms with Crippen molar-refractivity contribution in [2.24, 2.45) is 10.9 Å². The number of esters is 1. The molecular formula is C23H29N5O5. The molecule has 0 aromatic heterocycles. The Morgan fingerprint density at radius 2 is 1.85 bits per heavy atom. The number of carbonyl (C=O) groups excluding carboxylic acids is 3. The number of anilines is 1. The SMILES string of the molecule is CCOC(=O)CCNC(=O)CC(NC(=O)Nc1ccc(C=NN)cc1)c1ccccc1OC. The van der Waals surface area contributed by atoms with Crippen molar-refractivity contribution in [2.75, 3.05) is 25.6 Å². The third-order valence-corrected chi connectivity index (χ3v) is 4.56. The third-order valence-electron chi connectivity index (χ3n) is 4.56. The van der Waals surface area contributed by atoms with Gasteiger partial charge in [-0.3, -0.25) is 9.59 Å². The maximum absolute atomic E-state index is 12.7. The fourth-order valence-electron chi connectivity index (χ4n) is 3.05. The van der Waals surface area contributed by atoms with Crippen LogP contribution < -0.4 is 26.5 Å². The first-order valence-electron chi connectivity index (χ1n) is 10.4. The molecule has 0 spiro atoms. The van der Waals surface area contributed by atoms with E-state index in [0.717, 1.165) is 5.56 Å². The predicted molar refractivity (Wildman–Crippen MR) is 125 cm³/mol. The minimum Gasteiger partial charge on any atom is -0.496 e. The zero-order valence-electron chi connectivity index (χ0n) is 18.7. The van der Waals surface area contributed by atoms with Crippen LogP contribution in [0.15, 0.2) is 53.6 Å². The van der Waals surface area contributed by atoms with Crippen molar-refractivity contribution in [1.29, 1.82) is 0 Å². The summed E-state index contributed by atoms with van der Waals surface area (Å²) in [6, 6.07) is 12.9. The van der Waals surface area contributed by atoms with E-state index >= 15 is 0 Å². The Morgan fingerprint density at radius 1 is 1.12 bits per heavy atom. The average Bonchev–Trinajstić information content (AvgIpc) is 2.80. The lowest BCUT2D eigenvalue weighted by Gasteiger charge is -2.21. The summed E-state index contributed by atoms with van der Waals surface area (Å²) < 4.78 is 10.2. The number of carbonyl (C=O) groups is 3. The highest BCUT2D eigenvalue weighted by molar-refractivity contribution is 5.91. The van der Waals surface area contributed by atoms with Gasteiger partial charge in [-0.25, -0.2) is 4.79 Å². The monoisotopic (exact) mass is 455 g/mol. The van der Waals surface area contributed by atoms with Gasteiger partial charge in [0.05, 0.1) is 38.8 Å². The van der Waals surface area contributed by atoms with Crippen LogP contribution in [-0.4, -0.2) is 44.4 Å². The quantitative estimate of drug-likeness (QED) is 0.177. The Labute approximate surface area is 192 Å². The molecule has 2 aromatic carbocycles. The molecular weight excluding hydrogens is 426 g/mol. The molecule has 1 unspecified atom stereocenters.